The molecule has 6 heteroatoms. The number of H-pyrrole nitrogens is 1. The lowest BCUT2D eigenvalue weighted by Gasteiger charge is -2.42. The molecule has 2 fully saturated rings. The molecular weight excluding hydrogens is 475 g/mol. The molecule has 0 radical (unpaired) electrons. The van der Waals surface area contributed by atoms with Crippen molar-refractivity contribution in [1.82, 2.24) is 14.9 Å². The molecule has 3 heterocycles. The second-order valence-electron chi connectivity index (χ2n) is 9.68. The number of hydrogen-bond acceptors (Lipinski definition) is 4. The molecule has 2 aromatic heterocycles. The molecule has 38 heavy (non-hydrogen) atoms. The smallest absolute Gasteiger partial charge is 0.125 e. The summed E-state index contributed by atoms with van der Waals surface area (Å²) in [5, 5.41) is 2.30. The van der Waals surface area contributed by atoms with Crippen LogP contribution in [0.3, 0.4) is 0 Å². The summed E-state index contributed by atoms with van der Waals surface area (Å²) in [6, 6.07) is 14.0. The largest absolute Gasteiger partial charge is 0.497 e. The minimum absolute atomic E-state index is 0.179. The van der Waals surface area contributed by atoms with Gasteiger partial charge in [-0.05, 0) is 67.5 Å². The Hall–Kier alpha value is -3.12. The van der Waals surface area contributed by atoms with Crippen molar-refractivity contribution in [3.63, 3.8) is 0 Å². The summed E-state index contributed by atoms with van der Waals surface area (Å²) in [7, 11) is 1.73. The van der Waals surface area contributed by atoms with E-state index in [1.807, 2.05) is 46.0 Å². The number of nitrogens with zero attached hydrogens (tertiary/aromatic N) is 3. The average Bonchev–Trinajstić information content (AvgIpc) is 3.42. The fraction of sp³-hybridized carbons (Fsp3) is 0.469. The minimum Gasteiger partial charge on any atom is -0.497 e. The van der Waals surface area contributed by atoms with Gasteiger partial charge >= 0.3 is 0 Å². The van der Waals surface area contributed by atoms with E-state index >= 15 is 0 Å². The maximum atomic E-state index is 13.6. The van der Waals surface area contributed by atoms with E-state index in [1.54, 1.807) is 19.2 Å². The molecule has 6 rings (SSSR count). The van der Waals surface area contributed by atoms with Crippen LogP contribution in [-0.2, 0) is 0 Å². The maximum Gasteiger partial charge on any atom is 0.125 e. The summed E-state index contributed by atoms with van der Waals surface area (Å²) in [6.45, 7) is 12.2. The van der Waals surface area contributed by atoms with Crippen molar-refractivity contribution in [1.29, 1.82) is 0 Å². The van der Waals surface area contributed by atoms with E-state index in [0.29, 0.717) is 12.0 Å². The van der Waals surface area contributed by atoms with Gasteiger partial charge in [0, 0.05) is 67.0 Å². The molecule has 4 aromatic rings. The molecule has 204 valence electrons. The molecule has 5 nitrogen and oxygen atoms in total. The van der Waals surface area contributed by atoms with Crippen LogP contribution in [0, 0.1) is 5.82 Å². The van der Waals surface area contributed by atoms with Gasteiger partial charge in [-0.2, -0.15) is 0 Å². The van der Waals surface area contributed by atoms with Gasteiger partial charge in [0.2, 0.25) is 0 Å². The van der Waals surface area contributed by atoms with E-state index in [1.165, 1.54) is 42.3 Å². The van der Waals surface area contributed by atoms with Gasteiger partial charge in [0.1, 0.15) is 11.6 Å². The summed E-state index contributed by atoms with van der Waals surface area (Å²) in [5.41, 5.74) is 4.49. The van der Waals surface area contributed by atoms with Crippen LogP contribution in [0.1, 0.15) is 64.9 Å². The standard InChI is InChI=1S/C28H31FN4O.2C2H6/c1-34-23-15-20-3-2-10-30-28(20)27(17-23)33-13-11-32(12-14-33)22-7-4-19(5-8-22)25-18-31-26-16-21(29)6-9-24(25)26;2*1-2/h2-3,6,9-10,15-19,22,31H,4-5,7-8,11-14H2,1H3;2*1-2H3. The lowest BCUT2D eigenvalue weighted by Crippen LogP contribution is -2.51. The zero-order valence-electron chi connectivity index (χ0n) is 23.6. The van der Waals surface area contributed by atoms with Gasteiger partial charge < -0.3 is 14.6 Å². The summed E-state index contributed by atoms with van der Waals surface area (Å²) in [4.78, 5) is 13.1. The Morgan fingerprint density at radius 2 is 1.66 bits per heavy atom. The molecule has 0 amide bonds. The molecule has 1 saturated carbocycles. The van der Waals surface area contributed by atoms with Crippen molar-refractivity contribution < 1.29 is 9.13 Å². The number of hydrogen-bond donors (Lipinski definition) is 1. The normalized spacial score (nSPS) is 19.9. The molecule has 0 unspecified atom stereocenters. The van der Waals surface area contributed by atoms with Crippen molar-refractivity contribution in [3.05, 3.63) is 66.2 Å². The zero-order valence-corrected chi connectivity index (χ0v) is 23.6. The number of halogens is 1. The van der Waals surface area contributed by atoms with Crippen molar-refractivity contribution in [2.45, 2.75) is 65.3 Å². The number of ether oxygens (including phenoxy) is 1. The Labute approximate surface area is 227 Å². The molecule has 1 aliphatic carbocycles. The Balaban J connectivity index is 0.000000804. The number of aromatic nitrogens is 2. The number of methoxy groups -OCH3 is 1. The quantitative estimate of drug-likeness (QED) is 0.300. The van der Waals surface area contributed by atoms with Gasteiger partial charge in [-0.3, -0.25) is 9.88 Å². The number of fused-ring (bicyclic) bond motifs is 2. The summed E-state index contributed by atoms with van der Waals surface area (Å²) in [5.74, 6) is 1.27. The molecule has 1 N–H and O–H groups in total. The molecule has 1 saturated heterocycles. The van der Waals surface area contributed by atoms with Gasteiger partial charge in [0.15, 0.2) is 0 Å². The fourth-order valence-corrected chi connectivity index (χ4v) is 6.04. The predicted octanol–water partition coefficient (Wildman–Crippen LogP) is 7.76. The van der Waals surface area contributed by atoms with Crippen LogP contribution in [0.15, 0.2) is 54.9 Å². The highest BCUT2D eigenvalue weighted by molar-refractivity contribution is 5.92. The second kappa shape index (κ2) is 13.1. The van der Waals surface area contributed by atoms with Crippen molar-refractivity contribution in [3.8, 4) is 5.75 Å². The molecule has 0 spiro atoms. The van der Waals surface area contributed by atoms with Gasteiger partial charge in [0.05, 0.1) is 18.3 Å². The second-order valence-corrected chi connectivity index (χ2v) is 9.68. The molecule has 0 bridgehead atoms. The number of piperazine rings is 1. The Kier molecular flexibility index (Phi) is 9.62. The van der Waals surface area contributed by atoms with E-state index in [9.17, 15) is 4.39 Å². The molecular formula is C32H43FN4O. The van der Waals surface area contributed by atoms with E-state index in [2.05, 4.69) is 44.2 Å². The highest BCUT2D eigenvalue weighted by Crippen LogP contribution is 2.39. The van der Waals surface area contributed by atoms with Crippen LogP contribution >= 0.6 is 0 Å². The third-order valence-corrected chi connectivity index (χ3v) is 7.88. The molecule has 2 aromatic carbocycles. The average molecular weight is 519 g/mol. The van der Waals surface area contributed by atoms with Crippen molar-refractivity contribution in [2.75, 3.05) is 38.2 Å². The lowest BCUT2D eigenvalue weighted by molar-refractivity contribution is 0.141. The lowest BCUT2D eigenvalue weighted by atomic mass is 9.81. The number of anilines is 1. The summed E-state index contributed by atoms with van der Waals surface area (Å²) in [6.07, 6.45) is 8.81. The Morgan fingerprint density at radius 1 is 0.921 bits per heavy atom. The first kappa shape index (κ1) is 27.9. The van der Waals surface area contributed by atoms with Crippen LogP contribution in [-0.4, -0.2) is 54.2 Å². The van der Waals surface area contributed by atoms with Crippen LogP contribution in [0.4, 0.5) is 10.1 Å². The molecule has 0 atom stereocenters. The van der Waals surface area contributed by atoms with Crippen LogP contribution in [0.5, 0.6) is 5.75 Å². The van der Waals surface area contributed by atoms with Crippen LogP contribution < -0.4 is 9.64 Å². The Bertz CT molecular complexity index is 1300. The van der Waals surface area contributed by atoms with Crippen molar-refractivity contribution >= 4 is 27.5 Å². The number of pyridine rings is 1. The van der Waals surface area contributed by atoms with E-state index < -0.39 is 0 Å². The number of nitrogens with one attached hydrogen (secondary N) is 1. The first-order valence-electron chi connectivity index (χ1n) is 14.4. The third-order valence-electron chi connectivity index (χ3n) is 7.88. The SMILES string of the molecule is CC.CC.COc1cc(N2CCN(C3CCC(c4c[nH]c5cc(F)ccc45)CC3)CC2)c2ncccc2c1. The predicted molar refractivity (Wildman–Crippen MR) is 158 cm³/mol. The number of rotatable bonds is 4. The van der Waals surface area contributed by atoms with Crippen LogP contribution in [0.2, 0.25) is 0 Å². The first-order chi connectivity index (χ1) is 18.7. The van der Waals surface area contributed by atoms with E-state index in [0.717, 1.165) is 48.3 Å². The number of benzene rings is 2. The van der Waals surface area contributed by atoms with Crippen LogP contribution in [0.25, 0.3) is 21.8 Å². The van der Waals surface area contributed by atoms with Gasteiger partial charge in [-0.1, -0.05) is 33.8 Å². The van der Waals surface area contributed by atoms with E-state index in [4.69, 9.17) is 4.74 Å². The van der Waals surface area contributed by atoms with E-state index in [-0.39, 0.29) is 5.82 Å². The molecule has 2 aliphatic rings. The van der Waals surface area contributed by atoms with Gasteiger partial charge in [-0.25, -0.2) is 4.39 Å². The molecule has 1 aliphatic heterocycles. The third kappa shape index (κ3) is 5.80. The Morgan fingerprint density at radius 3 is 2.37 bits per heavy atom. The highest BCUT2D eigenvalue weighted by atomic mass is 19.1. The first-order valence-corrected chi connectivity index (χ1v) is 14.4. The summed E-state index contributed by atoms with van der Waals surface area (Å²) < 4.78 is 19.1. The number of aromatic amines is 1. The van der Waals surface area contributed by atoms with Crippen molar-refractivity contribution in [2.24, 2.45) is 0 Å². The highest BCUT2D eigenvalue weighted by Gasteiger charge is 2.30. The maximum absolute atomic E-state index is 13.6. The summed E-state index contributed by atoms with van der Waals surface area (Å²) >= 11 is 0. The fourth-order valence-electron chi connectivity index (χ4n) is 6.04. The van der Waals surface area contributed by atoms with Gasteiger partial charge in [-0.15, -0.1) is 0 Å². The van der Waals surface area contributed by atoms with Gasteiger partial charge in [0.25, 0.3) is 0 Å². The minimum atomic E-state index is -0.179. The monoisotopic (exact) mass is 518 g/mol. The topological polar surface area (TPSA) is 44.4 Å². The zero-order chi connectivity index (χ0) is 27.1.